The van der Waals surface area contributed by atoms with E-state index in [2.05, 4.69) is 11.9 Å². The summed E-state index contributed by atoms with van der Waals surface area (Å²) in [6.45, 7) is 8.68. The highest BCUT2D eigenvalue weighted by atomic mass is 16.6. The molecule has 0 aliphatic heterocycles. The molecule has 1 aromatic carbocycles. The number of benzene rings is 1. The van der Waals surface area contributed by atoms with Crippen LogP contribution in [-0.2, 0) is 20.7 Å². The highest BCUT2D eigenvalue weighted by Crippen LogP contribution is 2.24. The van der Waals surface area contributed by atoms with Gasteiger partial charge in [-0.05, 0) is 32.4 Å². The van der Waals surface area contributed by atoms with E-state index in [1.54, 1.807) is 45.0 Å². The number of nitrogens with one attached hydrogen (secondary N) is 1. The fourth-order valence-corrected chi connectivity index (χ4v) is 2.61. The first-order chi connectivity index (χ1) is 13.1. The van der Waals surface area contributed by atoms with Crippen molar-refractivity contribution in [3.8, 4) is 0 Å². The van der Waals surface area contributed by atoms with Crippen LogP contribution >= 0.6 is 0 Å². The maximum Gasteiger partial charge on any atom is 0.419 e. The Morgan fingerprint density at radius 2 is 1.96 bits per heavy atom. The number of carbonyl (C=O) groups is 3. The number of carboxylic acids is 1. The zero-order valence-electron chi connectivity index (χ0n) is 16.1. The van der Waals surface area contributed by atoms with Crippen LogP contribution in [0.4, 0.5) is 9.59 Å². The summed E-state index contributed by atoms with van der Waals surface area (Å²) in [5, 5.41) is 12.5. The van der Waals surface area contributed by atoms with Crippen LogP contribution in [0.15, 0.2) is 43.1 Å². The third-order valence-electron chi connectivity index (χ3n) is 3.73. The van der Waals surface area contributed by atoms with Gasteiger partial charge in [-0.1, -0.05) is 30.9 Å². The van der Waals surface area contributed by atoms with Gasteiger partial charge in [-0.3, -0.25) is 4.57 Å². The minimum Gasteiger partial charge on any atom is -0.480 e. The molecule has 1 amide bonds. The van der Waals surface area contributed by atoms with Gasteiger partial charge in [0.2, 0.25) is 0 Å². The van der Waals surface area contributed by atoms with E-state index in [-0.39, 0.29) is 13.0 Å². The number of para-hydroxylation sites is 1. The molecule has 8 nitrogen and oxygen atoms in total. The zero-order valence-corrected chi connectivity index (χ0v) is 16.1. The average Bonchev–Trinajstić information content (AvgIpc) is 2.97. The Kier molecular flexibility index (Phi) is 6.45. The van der Waals surface area contributed by atoms with Crippen LogP contribution in [0.5, 0.6) is 0 Å². The van der Waals surface area contributed by atoms with Crippen molar-refractivity contribution in [2.45, 2.75) is 38.8 Å². The van der Waals surface area contributed by atoms with Gasteiger partial charge in [0.25, 0.3) is 0 Å². The second kappa shape index (κ2) is 8.60. The van der Waals surface area contributed by atoms with E-state index in [0.29, 0.717) is 16.5 Å². The minimum absolute atomic E-state index is 0.0316. The highest BCUT2D eigenvalue weighted by Gasteiger charge is 2.25. The number of amides is 1. The minimum atomic E-state index is -1.23. The van der Waals surface area contributed by atoms with E-state index < -0.39 is 29.8 Å². The van der Waals surface area contributed by atoms with Gasteiger partial charge < -0.3 is 19.9 Å². The number of carbonyl (C=O) groups excluding carboxylic acids is 2. The Balaban J connectivity index is 2.32. The molecular weight excluding hydrogens is 364 g/mol. The standard InChI is InChI=1S/C20H24N2O6/c1-5-10-27-18(25)21-15(17(23)24)11-13-12-22(19(26)28-20(2,3)4)16-9-7-6-8-14(13)16/h5-9,12,15H,1,10-11H2,2-4H3,(H,21,25)(H,23,24)/t15-/m1/s1. The molecule has 28 heavy (non-hydrogen) atoms. The average molecular weight is 388 g/mol. The third-order valence-corrected chi connectivity index (χ3v) is 3.73. The molecule has 0 spiro atoms. The van der Waals surface area contributed by atoms with Crippen LogP contribution < -0.4 is 5.32 Å². The normalized spacial score (nSPS) is 12.2. The van der Waals surface area contributed by atoms with Gasteiger partial charge in [-0.15, -0.1) is 0 Å². The van der Waals surface area contributed by atoms with Crippen LogP contribution in [0, 0.1) is 0 Å². The maximum absolute atomic E-state index is 12.5. The van der Waals surface area contributed by atoms with Gasteiger partial charge in [0.1, 0.15) is 18.2 Å². The molecule has 0 unspecified atom stereocenters. The summed E-state index contributed by atoms with van der Waals surface area (Å²) in [7, 11) is 0. The highest BCUT2D eigenvalue weighted by molar-refractivity contribution is 5.92. The van der Waals surface area contributed by atoms with E-state index in [9.17, 15) is 19.5 Å². The molecule has 1 aromatic heterocycles. The number of aliphatic carboxylic acids is 1. The lowest BCUT2D eigenvalue weighted by Crippen LogP contribution is -2.42. The first kappa shape index (κ1) is 21.0. The molecule has 0 fully saturated rings. The van der Waals surface area contributed by atoms with Crippen LogP contribution in [0.3, 0.4) is 0 Å². The molecule has 2 rings (SSSR count). The monoisotopic (exact) mass is 388 g/mol. The molecule has 1 heterocycles. The summed E-state index contributed by atoms with van der Waals surface area (Å²) in [6, 6.07) is 5.85. The van der Waals surface area contributed by atoms with Gasteiger partial charge in [0.15, 0.2) is 0 Å². The Hall–Kier alpha value is -3.29. The quantitative estimate of drug-likeness (QED) is 0.735. The number of hydrogen-bond acceptors (Lipinski definition) is 5. The number of alkyl carbamates (subject to hydrolysis) is 1. The zero-order chi connectivity index (χ0) is 20.9. The molecule has 0 radical (unpaired) electrons. The van der Waals surface area contributed by atoms with Gasteiger partial charge in [-0.2, -0.15) is 0 Å². The maximum atomic E-state index is 12.5. The fourth-order valence-electron chi connectivity index (χ4n) is 2.61. The van der Waals surface area contributed by atoms with Gasteiger partial charge in [0, 0.05) is 18.0 Å². The van der Waals surface area contributed by atoms with Gasteiger partial charge in [0.05, 0.1) is 5.52 Å². The van der Waals surface area contributed by atoms with Crippen molar-refractivity contribution in [1.82, 2.24) is 9.88 Å². The first-order valence-corrected chi connectivity index (χ1v) is 8.71. The Labute approximate surface area is 162 Å². The van der Waals surface area contributed by atoms with Crippen molar-refractivity contribution < 1.29 is 29.0 Å². The van der Waals surface area contributed by atoms with Crippen molar-refractivity contribution in [1.29, 1.82) is 0 Å². The van der Waals surface area contributed by atoms with Crippen LogP contribution in [0.2, 0.25) is 0 Å². The predicted octanol–water partition coefficient (Wildman–Crippen LogP) is 3.33. The van der Waals surface area contributed by atoms with Crippen molar-refractivity contribution >= 4 is 29.1 Å². The summed E-state index contributed by atoms with van der Waals surface area (Å²) >= 11 is 0. The number of rotatable bonds is 6. The lowest BCUT2D eigenvalue weighted by atomic mass is 10.1. The molecule has 2 N–H and O–H groups in total. The molecule has 0 aliphatic rings. The molecule has 0 bridgehead atoms. The van der Waals surface area contributed by atoms with Gasteiger partial charge in [-0.25, -0.2) is 14.4 Å². The summed E-state index contributed by atoms with van der Waals surface area (Å²) in [5.74, 6) is -1.22. The van der Waals surface area contributed by atoms with Crippen molar-refractivity contribution in [3.63, 3.8) is 0 Å². The molecule has 8 heteroatoms. The molecule has 0 saturated heterocycles. The van der Waals surface area contributed by atoms with E-state index in [0.717, 1.165) is 0 Å². The van der Waals surface area contributed by atoms with E-state index in [1.165, 1.54) is 16.8 Å². The van der Waals surface area contributed by atoms with E-state index >= 15 is 0 Å². The second-order valence-corrected chi connectivity index (χ2v) is 7.15. The molecule has 150 valence electrons. The third kappa shape index (κ3) is 5.35. The fraction of sp³-hybridized carbons (Fsp3) is 0.350. The smallest absolute Gasteiger partial charge is 0.419 e. The molecular formula is C20H24N2O6. The van der Waals surface area contributed by atoms with Crippen molar-refractivity contribution in [2.24, 2.45) is 0 Å². The summed E-state index contributed by atoms with van der Waals surface area (Å²) < 4.78 is 11.5. The van der Waals surface area contributed by atoms with Crippen LogP contribution in [0.1, 0.15) is 26.3 Å². The first-order valence-electron chi connectivity index (χ1n) is 8.71. The topological polar surface area (TPSA) is 107 Å². The van der Waals surface area contributed by atoms with Crippen molar-refractivity contribution in [2.75, 3.05) is 6.61 Å². The number of fused-ring (bicyclic) bond motifs is 1. The predicted molar refractivity (Wildman–Crippen MR) is 103 cm³/mol. The molecule has 0 saturated carbocycles. The summed E-state index contributed by atoms with van der Waals surface area (Å²) in [5.41, 5.74) is 0.492. The molecule has 1 atom stereocenters. The Morgan fingerprint density at radius 1 is 1.29 bits per heavy atom. The molecule has 0 aliphatic carbocycles. The van der Waals surface area contributed by atoms with Crippen molar-refractivity contribution in [3.05, 3.63) is 48.7 Å². The number of ether oxygens (including phenoxy) is 2. The lowest BCUT2D eigenvalue weighted by Gasteiger charge is -2.19. The van der Waals surface area contributed by atoms with Gasteiger partial charge >= 0.3 is 18.2 Å². The van der Waals surface area contributed by atoms with Crippen LogP contribution in [-0.4, -0.2) is 46.1 Å². The van der Waals surface area contributed by atoms with E-state index in [4.69, 9.17) is 9.47 Å². The summed E-state index contributed by atoms with van der Waals surface area (Å²) in [4.78, 5) is 35.8. The van der Waals surface area contributed by atoms with Crippen LogP contribution in [0.25, 0.3) is 10.9 Å². The van der Waals surface area contributed by atoms with E-state index in [1.807, 2.05) is 0 Å². The largest absolute Gasteiger partial charge is 0.480 e. The number of hydrogen-bond donors (Lipinski definition) is 2. The SMILES string of the molecule is C=CCOC(=O)N[C@H](Cc1cn(C(=O)OC(C)(C)C)c2ccccc12)C(=O)O. The lowest BCUT2D eigenvalue weighted by molar-refractivity contribution is -0.139. The number of aromatic nitrogens is 1. The second-order valence-electron chi connectivity index (χ2n) is 7.15. The number of carboxylic acid groups (broad SMARTS) is 1. The number of nitrogens with zero attached hydrogens (tertiary/aromatic N) is 1. The Morgan fingerprint density at radius 3 is 2.57 bits per heavy atom. The summed E-state index contributed by atoms with van der Waals surface area (Å²) in [6.07, 6.45) is 1.45. The molecule has 2 aromatic rings. The Bertz CT molecular complexity index is 894.